The van der Waals surface area contributed by atoms with E-state index in [9.17, 15) is 14.4 Å². The number of imide groups is 1. The number of hydrogen-bond acceptors (Lipinski definition) is 6. The number of fused-ring (bicyclic) bond motifs is 1. The summed E-state index contributed by atoms with van der Waals surface area (Å²) in [5, 5.41) is 5.09. The molecule has 2 fully saturated rings. The van der Waals surface area contributed by atoms with E-state index in [1.54, 1.807) is 48.4 Å². The van der Waals surface area contributed by atoms with Gasteiger partial charge in [-0.25, -0.2) is 4.79 Å². The molecule has 2 saturated heterocycles. The van der Waals surface area contributed by atoms with Gasteiger partial charge in [0.25, 0.3) is 11.8 Å². The van der Waals surface area contributed by atoms with Gasteiger partial charge in [-0.2, -0.15) is 0 Å². The number of rotatable bonds is 7. The third-order valence-electron chi connectivity index (χ3n) is 6.74. The minimum Gasteiger partial charge on any atom is -0.497 e. The Morgan fingerprint density at radius 1 is 1.06 bits per heavy atom. The molecule has 4 amide bonds. The van der Waals surface area contributed by atoms with E-state index in [4.69, 9.17) is 14.2 Å². The van der Waals surface area contributed by atoms with Crippen molar-refractivity contribution in [1.29, 1.82) is 0 Å². The Kier molecular flexibility index (Phi) is 5.87. The van der Waals surface area contributed by atoms with Crippen LogP contribution in [0.5, 0.6) is 11.5 Å². The highest BCUT2D eigenvalue weighted by Gasteiger charge is 2.50. The Balaban J connectivity index is 1.35. The van der Waals surface area contributed by atoms with Crippen LogP contribution in [0.4, 0.5) is 4.79 Å². The van der Waals surface area contributed by atoms with Gasteiger partial charge in [-0.1, -0.05) is 18.2 Å². The van der Waals surface area contributed by atoms with Crippen LogP contribution in [0, 0.1) is 5.92 Å². The van der Waals surface area contributed by atoms with Crippen molar-refractivity contribution >= 4 is 17.8 Å². The first-order valence-electron chi connectivity index (χ1n) is 11.4. The van der Waals surface area contributed by atoms with Crippen LogP contribution in [-0.4, -0.2) is 56.2 Å². The lowest BCUT2D eigenvalue weighted by Crippen LogP contribution is -2.52. The van der Waals surface area contributed by atoms with Gasteiger partial charge in [0, 0.05) is 25.3 Å². The molecule has 34 heavy (non-hydrogen) atoms. The van der Waals surface area contributed by atoms with Crippen molar-refractivity contribution in [2.24, 2.45) is 5.92 Å². The van der Waals surface area contributed by atoms with Crippen molar-refractivity contribution < 1.29 is 28.6 Å². The summed E-state index contributed by atoms with van der Waals surface area (Å²) in [6, 6.07) is 11.9. The largest absolute Gasteiger partial charge is 0.497 e. The van der Waals surface area contributed by atoms with Crippen LogP contribution in [0.3, 0.4) is 0 Å². The second-order valence-corrected chi connectivity index (χ2v) is 8.89. The van der Waals surface area contributed by atoms with Crippen molar-refractivity contribution in [2.75, 3.05) is 33.5 Å². The monoisotopic (exact) mass is 465 g/mol. The smallest absolute Gasteiger partial charge is 0.322 e. The number of benzene rings is 2. The molecule has 0 bridgehead atoms. The van der Waals surface area contributed by atoms with E-state index in [1.165, 1.54) is 0 Å². The number of urea groups is 1. The van der Waals surface area contributed by atoms with Crippen molar-refractivity contribution in [3.05, 3.63) is 59.2 Å². The molecule has 2 N–H and O–H groups in total. The van der Waals surface area contributed by atoms with Gasteiger partial charge in [-0.15, -0.1) is 0 Å². The van der Waals surface area contributed by atoms with Gasteiger partial charge in [0.15, 0.2) is 5.54 Å². The summed E-state index contributed by atoms with van der Waals surface area (Å²) in [6.07, 6.45) is 1.96. The highest BCUT2D eigenvalue weighted by molar-refractivity contribution is 6.08. The number of nitrogens with zero attached hydrogens (tertiary/aromatic N) is 1. The summed E-state index contributed by atoms with van der Waals surface area (Å²) in [4.78, 5) is 39.8. The van der Waals surface area contributed by atoms with Crippen molar-refractivity contribution in [1.82, 2.24) is 15.5 Å². The van der Waals surface area contributed by atoms with E-state index in [1.807, 2.05) is 6.07 Å². The minimum absolute atomic E-state index is 0.00266. The molecule has 2 aromatic carbocycles. The van der Waals surface area contributed by atoms with Crippen molar-refractivity contribution in [3.63, 3.8) is 0 Å². The Morgan fingerprint density at radius 2 is 1.79 bits per heavy atom. The van der Waals surface area contributed by atoms with Crippen molar-refractivity contribution in [3.8, 4) is 11.5 Å². The zero-order chi connectivity index (χ0) is 23.7. The fourth-order valence-electron chi connectivity index (χ4n) is 4.74. The number of carbonyl (C=O) groups excluding carboxylic acids is 3. The number of carbonyl (C=O) groups is 3. The molecule has 5 rings (SSSR count). The molecule has 2 aromatic rings. The first-order chi connectivity index (χ1) is 16.5. The summed E-state index contributed by atoms with van der Waals surface area (Å²) < 4.78 is 16.6. The number of amides is 4. The molecular formula is C25H27N3O6. The third kappa shape index (κ3) is 4.07. The Bertz CT molecular complexity index is 1110. The first kappa shape index (κ1) is 22.2. The van der Waals surface area contributed by atoms with Crippen LogP contribution in [0.1, 0.15) is 34.3 Å². The van der Waals surface area contributed by atoms with Gasteiger partial charge in [0.05, 0.1) is 20.3 Å². The molecule has 0 aromatic heterocycles. The SMILES string of the molecule is COc1ccc2c(c1)C(=O)N(C[C@@]1(c3ccc(OCC4CCOCC4)cc3)NC(=O)NC1=O)C2. The molecule has 0 aliphatic carbocycles. The van der Waals surface area contributed by atoms with E-state index in [-0.39, 0.29) is 12.5 Å². The zero-order valence-corrected chi connectivity index (χ0v) is 19.0. The van der Waals surface area contributed by atoms with Crippen LogP contribution in [-0.2, 0) is 21.6 Å². The predicted octanol–water partition coefficient (Wildman–Crippen LogP) is 2.19. The normalized spacial score (nSPS) is 22.4. The van der Waals surface area contributed by atoms with E-state index in [2.05, 4.69) is 10.6 Å². The molecular weight excluding hydrogens is 438 g/mol. The second kappa shape index (κ2) is 8.98. The predicted molar refractivity (Wildman–Crippen MR) is 122 cm³/mol. The molecule has 0 spiro atoms. The standard InChI is InChI=1S/C25H27N3O6/c1-32-20-5-2-17-13-28(22(29)21(17)12-20)15-25(23(30)26-24(31)27-25)18-3-6-19(7-4-18)34-14-16-8-10-33-11-9-16/h2-7,12,16H,8-11,13-15H2,1H3,(H2,26,27,30,31)/t25-/m0/s1. The van der Waals surface area contributed by atoms with E-state index < -0.39 is 17.5 Å². The lowest BCUT2D eigenvalue weighted by atomic mass is 9.89. The van der Waals surface area contributed by atoms with E-state index >= 15 is 0 Å². The van der Waals surface area contributed by atoms with Crippen LogP contribution >= 0.6 is 0 Å². The van der Waals surface area contributed by atoms with Gasteiger partial charge >= 0.3 is 6.03 Å². The van der Waals surface area contributed by atoms with Crippen molar-refractivity contribution in [2.45, 2.75) is 24.9 Å². The fourth-order valence-corrected chi connectivity index (χ4v) is 4.74. The molecule has 9 nitrogen and oxygen atoms in total. The average molecular weight is 466 g/mol. The number of nitrogens with one attached hydrogen (secondary N) is 2. The van der Waals surface area contributed by atoms with Crippen LogP contribution in [0.2, 0.25) is 0 Å². The van der Waals surface area contributed by atoms with Crippen LogP contribution < -0.4 is 20.1 Å². The summed E-state index contributed by atoms with van der Waals surface area (Å²) in [5.74, 6) is 1.04. The first-order valence-corrected chi connectivity index (χ1v) is 11.4. The highest BCUT2D eigenvalue weighted by atomic mass is 16.5. The van der Waals surface area contributed by atoms with Gasteiger partial charge in [0.1, 0.15) is 11.5 Å². The molecule has 3 aliphatic rings. The summed E-state index contributed by atoms with van der Waals surface area (Å²) in [7, 11) is 1.54. The second-order valence-electron chi connectivity index (χ2n) is 8.89. The molecule has 178 valence electrons. The third-order valence-corrected chi connectivity index (χ3v) is 6.74. The van der Waals surface area contributed by atoms with Crippen LogP contribution in [0.25, 0.3) is 0 Å². The number of hydrogen-bond donors (Lipinski definition) is 2. The quantitative estimate of drug-likeness (QED) is 0.608. The molecule has 9 heteroatoms. The van der Waals surface area contributed by atoms with Gasteiger partial charge in [-0.05, 0) is 54.2 Å². The highest BCUT2D eigenvalue weighted by Crippen LogP contribution is 2.33. The lowest BCUT2D eigenvalue weighted by molar-refractivity contribution is -0.124. The minimum atomic E-state index is -1.39. The Morgan fingerprint density at radius 3 is 2.47 bits per heavy atom. The summed E-state index contributed by atoms with van der Waals surface area (Å²) in [6.45, 7) is 2.47. The number of ether oxygens (including phenoxy) is 3. The molecule has 0 radical (unpaired) electrons. The van der Waals surface area contributed by atoms with Crippen LogP contribution in [0.15, 0.2) is 42.5 Å². The van der Waals surface area contributed by atoms with Gasteiger partial charge < -0.3 is 24.4 Å². The molecule has 3 heterocycles. The molecule has 0 unspecified atom stereocenters. The topological polar surface area (TPSA) is 106 Å². The maximum Gasteiger partial charge on any atom is 0.322 e. The Labute approximate surface area is 197 Å². The summed E-state index contributed by atoms with van der Waals surface area (Å²) >= 11 is 0. The lowest BCUT2D eigenvalue weighted by Gasteiger charge is -2.31. The van der Waals surface area contributed by atoms with E-state index in [0.29, 0.717) is 41.7 Å². The molecule has 3 aliphatic heterocycles. The zero-order valence-electron chi connectivity index (χ0n) is 19.0. The average Bonchev–Trinajstić information content (AvgIpc) is 3.33. The van der Waals surface area contributed by atoms with Gasteiger partial charge in [-0.3, -0.25) is 14.9 Å². The number of methoxy groups -OCH3 is 1. The molecule has 0 saturated carbocycles. The summed E-state index contributed by atoms with van der Waals surface area (Å²) in [5.41, 5.74) is 0.576. The molecule has 1 atom stereocenters. The van der Waals surface area contributed by atoms with Gasteiger partial charge in [0.2, 0.25) is 0 Å². The fraction of sp³-hybridized carbons (Fsp3) is 0.400. The maximum absolute atomic E-state index is 13.1. The van der Waals surface area contributed by atoms with E-state index in [0.717, 1.165) is 31.6 Å². The maximum atomic E-state index is 13.1. The Hall–Kier alpha value is -3.59.